The van der Waals surface area contributed by atoms with E-state index in [0.29, 0.717) is 10.0 Å². The first kappa shape index (κ1) is 17.3. The first-order chi connectivity index (χ1) is 12.0. The second kappa shape index (κ2) is 6.57. The van der Waals surface area contributed by atoms with Crippen LogP contribution in [0.3, 0.4) is 0 Å². The van der Waals surface area contributed by atoms with Crippen molar-refractivity contribution in [3.8, 4) is 5.75 Å². The summed E-state index contributed by atoms with van der Waals surface area (Å²) in [4.78, 5) is 16.4. The molecule has 5 nitrogen and oxygen atoms in total. The number of likely N-dealkylation sites (N-methyl/N-ethyl adjacent to an activating group) is 1. The largest absolute Gasteiger partial charge is 0.506 e. The molecule has 2 aliphatic rings. The Balaban J connectivity index is 1.71. The number of amides is 1. The van der Waals surface area contributed by atoms with Crippen molar-refractivity contribution >= 4 is 54.1 Å². The molecule has 2 aliphatic heterocycles. The first-order valence-corrected chi connectivity index (χ1v) is 10.5. The third-order valence-electron chi connectivity index (χ3n) is 4.73. The minimum atomic E-state index is -0.462. The summed E-state index contributed by atoms with van der Waals surface area (Å²) in [6.07, 6.45) is 0.443. The smallest absolute Gasteiger partial charge is 0.256 e. The predicted molar refractivity (Wildman–Crippen MR) is 106 cm³/mol. The molecular weight excluding hydrogens is 470 g/mol. The molecule has 25 heavy (non-hydrogen) atoms. The van der Waals surface area contributed by atoms with E-state index in [9.17, 15) is 9.90 Å². The minimum absolute atomic E-state index is 0.0725. The number of anilines is 1. The average molecular weight is 487 g/mol. The summed E-state index contributed by atoms with van der Waals surface area (Å²) in [7, 11) is 0. The molecule has 0 fully saturated rings. The van der Waals surface area contributed by atoms with Crippen molar-refractivity contribution in [3.05, 3.63) is 42.6 Å². The number of carbonyl (C=O) groups is 1. The summed E-state index contributed by atoms with van der Waals surface area (Å²) < 4.78 is 1.42. The van der Waals surface area contributed by atoms with Gasteiger partial charge < -0.3 is 15.7 Å². The number of hydrogen-bond donors (Lipinski definition) is 3. The van der Waals surface area contributed by atoms with Crippen LogP contribution in [0.15, 0.2) is 21.1 Å². The molecule has 0 aliphatic carbocycles. The summed E-state index contributed by atoms with van der Waals surface area (Å²) in [6, 6.07) is 3.59. The van der Waals surface area contributed by atoms with Crippen molar-refractivity contribution in [2.24, 2.45) is 0 Å². The van der Waals surface area contributed by atoms with Gasteiger partial charge in [0.15, 0.2) is 0 Å². The number of hydrogen-bond acceptors (Lipinski definition) is 5. The fourth-order valence-electron chi connectivity index (χ4n) is 3.40. The molecule has 0 radical (unpaired) electrons. The van der Waals surface area contributed by atoms with Gasteiger partial charge in [-0.15, -0.1) is 11.3 Å². The number of benzene rings is 1. The van der Waals surface area contributed by atoms with Crippen LogP contribution >= 0.6 is 43.2 Å². The van der Waals surface area contributed by atoms with Gasteiger partial charge >= 0.3 is 0 Å². The lowest BCUT2D eigenvalue weighted by atomic mass is 10.00. The van der Waals surface area contributed by atoms with Gasteiger partial charge in [-0.05, 0) is 46.6 Å². The third kappa shape index (κ3) is 2.99. The van der Waals surface area contributed by atoms with E-state index in [0.717, 1.165) is 41.1 Å². The van der Waals surface area contributed by atoms with Gasteiger partial charge in [-0.25, -0.2) is 0 Å². The normalized spacial score (nSPS) is 19.8. The quantitative estimate of drug-likeness (QED) is 0.594. The maximum absolute atomic E-state index is 12.8. The molecular formula is C17H17Br2N3O2S. The molecule has 132 valence electrons. The van der Waals surface area contributed by atoms with Gasteiger partial charge in [-0.2, -0.15) is 0 Å². The molecule has 3 N–H and O–H groups in total. The van der Waals surface area contributed by atoms with Gasteiger partial charge in [0.05, 0.1) is 10.0 Å². The molecule has 0 saturated heterocycles. The zero-order valence-corrected chi connectivity index (χ0v) is 17.5. The van der Waals surface area contributed by atoms with Crippen LogP contribution in [0.5, 0.6) is 5.75 Å². The number of rotatable bonds is 2. The Kier molecular flexibility index (Phi) is 4.56. The van der Waals surface area contributed by atoms with Crippen LogP contribution in [-0.4, -0.2) is 29.0 Å². The fourth-order valence-corrected chi connectivity index (χ4v) is 5.97. The van der Waals surface area contributed by atoms with E-state index in [-0.39, 0.29) is 11.7 Å². The van der Waals surface area contributed by atoms with Crippen molar-refractivity contribution in [2.45, 2.75) is 26.1 Å². The number of aromatic hydroxyl groups is 1. The van der Waals surface area contributed by atoms with E-state index in [2.05, 4.69) is 54.3 Å². The molecule has 1 unspecified atom stereocenters. The van der Waals surface area contributed by atoms with Gasteiger partial charge in [0.25, 0.3) is 5.91 Å². The monoisotopic (exact) mass is 485 g/mol. The Morgan fingerprint density at radius 3 is 2.92 bits per heavy atom. The molecule has 1 aromatic heterocycles. The van der Waals surface area contributed by atoms with Crippen LogP contribution in [0.25, 0.3) is 0 Å². The molecule has 0 saturated carbocycles. The maximum atomic E-state index is 12.8. The number of halogens is 2. The van der Waals surface area contributed by atoms with Gasteiger partial charge in [0, 0.05) is 28.0 Å². The van der Waals surface area contributed by atoms with E-state index in [1.807, 2.05) is 6.07 Å². The molecule has 2 aromatic rings. The van der Waals surface area contributed by atoms with Crippen LogP contribution in [0, 0.1) is 0 Å². The Morgan fingerprint density at radius 1 is 1.36 bits per heavy atom. The Labute approximate surface area is 166 Å². The van der Waals surface area contributed by atoms with Crippen LogP contribution in [0.1, 0.15) is 39.5 Å². The van der Waals surface area contributed by atoms with Crippen molar-refractivity contribution in [1.29, 1.82) is 0 Å². The molecule has 4 rings (SSSR count). The zero-order chi connectivity index (χ0) is 17.7. The number of phenols is 1. The Hall–Kier alpha value is -1.09. The van der Waals surface area contributed by atoms with E-state index >= 15 is 0 Å². The summed E-state index contributed by atoms with van der Waals surface area (Å²) >= 11 is 8.44. The number of nitrogens with zero attached hydrogens (tertiary/aromatic N) is 1. The molecule has 0 spiro atoms. The second-order valence-corrected chi connectivity index (χ2v) is 9.08. The van der Waals surface area contributed by atoms with Crippen LogP contribution in [-0.2, 0) is 13.0 Å². The van der Waals surface area contributed by atoms with Crippen molar-refractivity contribution in [2.75, 3.05) is 18.4 Å². The molecule has 1 aromatic carbocycles. The summed E-state index contributed by atoms with van der Waals surface area (Å²) in [5, 5.41) is 17.7. The number of thiophene rings is 1. The van der Waals surface area contributed by atoms with Gasteiger partial charge in [-0.3, -0.25) is 9.69 Å². The standard InChI is InChI=1S/C17H17Br2N3O2S/c1-2-22-4-3-9-12(7-22)25-17-13(9)16(24)20-15(21-17)10-5-8(18)6-11(19)14(10)23/h5-6,15,21,23H,2-4,7H2,1H3,(H,20,24). The first-order valence-electron chi connectivity index (χ1n) is 8.10. The van der Waals surface area contributed by atoms with Crippen LogP contribution < -0.4 is 10.6 Å². The number of nitrogens with one attached hydrogen (secondary N) is 2. The van der Waals surface area contributed by atoms with Gasteiger partial charge in [0.2, 0.25) is 0 Å². The van der Waals surface area contributed by atoms with Crippen molar-refractivity contribution in [3.63, 3.8) is 0 Å². The zero-order valence-electron chi connectivity index (χ0n) is 13.5. The Morgan fingerprint density at radius 2 is 2.16 bits per heavy atom. The maximum Gasteiger partial charge on any atom is 0.256 e. The summed E-state index contributed by atoms with van der Waals surface area (Å²) in [5.41, 5.74) is 2.58. The lowest BCUT2D eigenvalue weighted by Crippen LogP contribution is -2.39. The van der Waals surface area contributed by atoms with Crippen molar-refractivity contribution < 1.29 is 9.90 Å². The average Bonchev–Trinajstić information content (AvgIpc) is 2.95. The summed E-state index contributed by atoms with van der Waals surface area (Å²) in [6.45, 7) is 5.07. The number of fused-ring (bicyclic) bond motifs is 3. The second-order valence-electron chi connectivity index (χ2n) is 6.20. The topological polar surface area (TPSA) is 64.6 Å². The highest BCUT2D eigenvalue weighted by molar-refractivity contribution is 9.11. The SMILES string of the molecule is CCN1CCc2c(sc3c2C(=O)NC(c2cc(Br)cc(Br)c2O)N3)C1. The molecule has 3 heterocycles. The Bertz CT molecular complexity index is 868. The number of carbonyl (C=O) groups excluding carboxylic acids is 1. The highest BCUT2D eigenvalue weighted by Gasteiger charge is 2.34. The highest BCUT2D eigenvalue weighted by atomic mass is 79.9. The van der Waals surface area contributed by atoms with E-state index in [1.54, 1.807) is 17.4 Å². The predicted octanol–water partition coefficient (Wildman–Crippen LogP) is 4.21. The lowest BCUT2D eigenvalue weighted by Gasteiger charge is -2.28. The summed E-state index contributed by atoms with van der Waals surface area (Å²) in [5.74, 6) is 0.0552. The van der Waals surface area contributed by atoms with E-state index < -0.39 is 6.17 Å². The third-order valence-corrected chi connectivity index (χ3v) is 6.94. The van der Waals surface area contributed by atoms with E-state index in [1.165, 1.54) is 10.4 Å². The van der Waals surface area contributed by atoms with Gasteiger partial charge in [-0.1, -0.05) is 22.9 Å². The van der Waals surface area contributed by atoms with Crippen LogP contribution in [0.4, 0.5) is 5.00 Å². The van der Waals surface area contributed by atoms with Crippen molar-refractivity contribution in [1.82, 2.24) is 10.2 Å². The minimum Gasteiger partial charge on any atom is -0.506 e. The molecule has 1 amide bonds. The van der Waals surface area contributed by atoms with Gasteiger partial charge in [0.1, 0.15) is 16.9 Å². The number of phenolic OH excluding ortho intramolecular Hbond substituents is 1. The van der Waals surface area contributed by atoms with E-state index in [4.69, 9.17) is 0 Å². The highest BCUT2D eigenvalue weighted by Crippen LogP contribution is 2.43. The fraction of sp³-hybridized carbons (Fsp3) is 0.353. The molecule has 1 atom stereocenters. The molecule has 8 heteroatoms. The lowest BCUT2D eigenvalue weighted by molar-refractivity contribution is 0.0934. The molecule has 0 bridgehead atoms. The van der Waals surface area contributed by atoms with Crippen LogP contribution in [0.2, 0.25) is 0 Å².